The number of hydrogen-bond donors (Lipinski definition) is 0. The highest BCUT2D eigenvalue weighted by Gasteiger charge is 2.14. The van der Waals surface area contributed by atoms with Crippen LogP contribution in [0.2, 0.25) is 0 Å². The van der Waals surface area contributed by atoms with E-state index in [0.717, 1.165) is 0 Å². The van der Waals surface area contributed by atoms with Crippen LogP contribution in [0.25, 0.3) is 0 Å². The lowest BCUT2D eigenvalue weighted by molar-refractivity contribution is -0.142. The van der Waals surface area contributed by atoms with Gasteiger partial charge in [0, 0.05) is 0 Å². The van der Waals surface area contributed by atoms with E-state index in [4.69, 9.17) is 10.00 Å². The smallest absolute Gasteiger partial charge is 0.310 e. The second-order valence-electron chi connectivity index (χ2n) is 2.99. The van der Waals surface area contributed by atoms with E-state index < -0.39 is 11.8 Å². The van der Waals surface area contributed by atoms with Crippen molar-refractivity contribution in [3.63, 3.8) is 0 Å². The van der Waals surface area contributed by atoms with Crippen molar-refractivity contribution < 1.29 is 13.9 Å². The lowest BCUT2D eigenvalue weighted by Crippen LogP contribution is -2.09. The van der Waals surface area contributed by atoms with Gasteiger partial charge in [0.1, 0.15) is 6.07 Å². The Labute approximate surface area is 106 Å². The minimum Gasteiger partial charge on any atom is -0.466 e. The molecule has 0 spiro atoms. The van der Waals surface area contributed by atoms with E-state index in [9.17, 15) is 9.18 Å². The van der Waals surface area contributed by atoms with E-state index in [0.29, 0.717) is 9.13 Å². The molecule has 0 saturated carbocycles. The average molecular weight is 333 g/mol. The predicted molar refractivity (Wildman–Crippen MR) is 64.2 cm³/mol. The molecule has 0 unspecified atom stereocenters. The molecule has 1 aromatic rings. The normalized spacial score (nSPS) is 9.62. The molecule has 0 atom stereocenters. The van der Waals surface area contributed by atoms with Crippen LogP contribution in [0, 0.1) is 20.7 Å². The van der Waals surface area contributed by atoms with Gasteiger partial charge in [0.2, 0.25) is 0 Å². The van der Waals surface area contributed by atoms with Gasteiger partial charge in [-0.05, 0) is 41.1 Å². The van der Waals surface area contributed by atoms with E-state index in [2.05, 4.69) is 0 Å². The molecule has 0 fully saturated rings. The van der Waals surface area contributed by atoms with Crippen molar-refractivity contribution >= 4 is 28.6 Å². The van der Waals surface area contributed by atoms with Gasteiger partial charge in [-0.25, -0.2) is 4.39 Å². The Morgan fingerprint density at radius 1 is 1.62 bits per heavy atom. The number of hydrogen-bond acceptors (Lipinski definition) is 3. The van der Waals surface area contributed by atoms with Crippen LogP contribution < -0.4 is 0 Å². The van der Waals surface area contributed by atoms with Gasteiger partial charge in [-0.15, -0.1) is 0 Å². The molecule has 84 valence electrons. The summed E-state index contributed by atoms with van der Waals surface area (Å²) < 4.78 is 18.6. The molecule has 0 aliphatic heterocycles. The molecule has 0 N–H and O–H groups in total. The molecular weight excluding hydrogens is 324 g/mol. The zero-order valence-electron chi connectivity index (χ0n) is 8.59. The summed E-state index contributed by atoms with van der Waals surface area (Å²) in [5.74, 6) is -1.04. The van der Waals surface area contributed by atoms with Crippen molar-refractivity contribution in [2.75, 3.05) is 6.61 Å². The number of benzene rings is 1. The first-order chi connectivity index (χ1) is 7.60. The quantitative estimate of drug-likeness (QED) is 0.631. The van der Waals surface area contributed by atoms with Crippen molar-refractivity contribution in [1.82, 2.24) is 0 Å². The molecule has 0 radical (unpaired) electrons. The SMILES string of the molecule is CCOC(=O)Cc1ccc(I)c(F)c1C#N. The summed E-state index contributed by atoms with van der Waals surface area (Å²) in [6.45, 7) is 1.96. The highest BCUT2D eigenvalue weighted by Crippen LogP contribution is 2.19. The number of carbonyl (C=O) groups excluding carboxylic acids is 1. The van der Waals surface area contributed by atoms with Gasteiger partial charge in [-0.3, -0.25) is 4.79 Å². The number of esters is 1. The average Bonchev–Trinajstić information content (AvgIpc) is 2.24. The van der Waals surface area contributed by atoms with Crippen molar-refractivity contribution in [3.8, 4) is 6.07 Å². The summed E-state index contributed by atoms with van der Waals surface area (Å²) in [5.41, 5.74) is 0.277. The van der Waals surface area contributed by atoms with Gasteiger partial charge < -0.3 is 4.74 Å². The Balaban J connectivity index is 3.02. The lowest BCUT2D eigenvalue weighted by atomic mass is 10.1. The maximum absolute atomic E-state index is 13.5. The van der Waals surface area contributed by atoms with Gasteiger partial charge in [-0.2, -0.15) is 5.26 Å². The molecule has 1 aromatic carbocycles. The number of halogens is 2. The molecule has 0 aliphatic carbocycles. The van der Waals surface area contributed by atoms with Crippen LogP contribution in [0.5, 0.6) is 0 Å². The van der Waals surface area contributed by atoms with Gasteiger partial charge >= 0.3 is 5.97 Å². The Kier molecular flexibility index (Phi) is 4.68. The third-order valence-electron chi connectivity index (χ3n) is 1.93. The number of nitriles is 1. The Hall–Kier alpha value is -1.16. The molecule has 16 heavy (non-hydrogen) atoms. The Morgan fingerprint density at radius 2 is 2.31 bits per heavy atom. The zero-order valence-corrected chi connectivity index (χ0v) is 10.7. The number of carbonyl (C=O) groups is 1. The molecule has 1 rings (SSSR count). The number of nitrogens with zero attached hydrogens (tertiary/aromatic N) is 1. The first kappa shape index (κ1) is 12.9. The topological polar surface area (TPSA) is 50.1 Å². The summed E-state index contributed by atoms with van der Waals surface area (Å²) in [5, 5.41) is 8.82. The first-order valence-electron chi connectivity index (χ1n) is 4.62. The fourth-order valence-electron chi connectivity index (χ4n) is 1.23. The van der Waals surface area contributed by atoms with Crippen LogP contribution >= 0.6 is 22.6 Å². The minimum atomic E-state index is -0.579. The van der Waals surface area contributed by atoms with Crippen molar-refractivity contribution in [2.45, 2.75) is 13.3 Å². The standard InChI is InChI=1S/C11H9FINO2/c1-2-16-10(15)5-7-3-4-9(13)11(12)8(7)6-14/h3-4H,2,5H2,1H3. The van der Waals surface area contributed by atoms with E-state index in [1.54, 1.807) is 41.7 Å². The Morgan fingerprint density at radius 3 is 2.88 bits per heavy atom. The Bertz CT molecular complexity index is 454. The highest BCUT2D eigenvalue weighted by molar-refractivity contribution is 14.1. The van der Waals surface area contributed by atoms with Crippen LogP contribution in [0.4, 0.5) is 4.39 Å². The second kappa shape index (κ2) is 5.80. The molecule has 0 saturated heterocycles. The third kappa shape index (κ3) is 2.92. The summed E-state index contributed by atoms with van der Waals surface area (Å²) in [6, 6.07) is 4.87. The monoisotopic (exact) mass is 333 g/mol. The van der Waals surface area contributed by atoms with E-state index in [1.165, 1.54) is 6.07 Å². The summed E-state index contributed by atoms with van der Waals surface area (Å²) in [4.78, 5) is 11.2. The van der Waals surface area contributed by atoms with Crippen LogP contribution in [0.15, 0.2) is 12.1 Å². The van der Waals surface area contributed by atoms with E-state index in [-0.39, 0.29) is 18.6 Å². The van der Waals surface area contributed by atoms with E-state index in [1.807, 2.05) is 0 Å². The van der Waals surface area contributed by atoms with Crippen molar-refractivity contribution in [3.05, 3.63) is 32.6 Å². The zero-order chi connectivity index (χ0) is 12.1. The highest BCUT2D eigenvalue weighted by atomic mass is 127. The largest absolute Gasteiger partial charge is 0.466 e. The van der Waals surface area contributed by atoms with E-state index >= 15 is 0 Å². The molecule has 0 heterocycles. The van der Waals surface area contributed by atoms with Gasteiger partial charge in [0.05, 0.1) is 22.2 Å². The summed E-state index contributed by atoms with van der Waals surface area (Å²) in [7, 11) is 0. The molecular formula is C11H9FINO2. The second-order valence-corrected chi connectivity index (χ2v) is 4.15. The van der Waals surface area contributed by atoms with Crippen LogP contribution in [-0.4, -0.2) is 12.6 Å². The van der Waals surface area contributed by atoms with Gasteiger partial charge in [0.15, 0.2) is 5.82 Å². The minimum absolute atomic E-state index is 0.0788. The van der Waals surface area contributed by atoms with Gasteiger partial charge in [0.25, 0.3) is 0 Å². The maximum Gasteiger partial charge on any atom is 0.310 e. The summed E-state index contributed by atoms with van der Waals surface area (Å²) in [6.07, 6.45) is -0.0788. The predicted octanol–water partition coefficient (Wildman–Crippen LogP) is 2.41. The maximum atomic E-state index is 13.5. The number of rotatable bonds is 3. The number of ether oxygens (including phenoxy) is 1. The molecule has 0 aliphatic rings. The van der Waals surface area contributed by atoms with Crippen molar-refractivity contribution in [2.24, 2.45) is 0 Å². The molecule has 0 amide bonds. The molecule has 0 bridgehead atoms. The van der Waals surface area contributed by atoms with Crippen LogP contribution in [-0.2, 0) is 16.0 Å². The third-order valence-corrected chi connectivity index (χ3v) is 2.77. The van der Waals surface area contributed by atoms with Crippen LogP contribution in [0.3, 0.4) is 0 Å². The fourth-order valence-corrected chi connectivity index (χ4v) is 1.68. The van der Waals surface area contributed by atoms with Crippen molar-refractivity contribution in [1.29, 1.82) is 5.26 Å². The first-order valence-corrected chi connectivity index (χ1v) is 5.70. The molecule has 0 aromatic heterocycles. The van der Waals surface area contributed by atoms with Gasteiger partial charge in [-0.1, -0.05) is 6.07 Å². The van der Waals surface area contributed by atoms with Crippen LogP contribution in [0.1, 0.15) is 18.1 Å². The molecule has 5 heteroatoms. The fraction of sp³-hybridized carbons (Fsp3) is 0.273. The summed E-state index contributed by atoms with van der Waals surface area (Å²) >= 11 is 1.80. The lowest BCUT2D eigenvalue weighted by Gasteiger charge is -2.05. The molecule has 3 nitrogen and oxygen atoms in total.